The number of piperidine rings is 1. The van der Waals surface area contributed by atoms with Gasteiger partial charge < -0.3 is 38.3 Å². The van der Waals surface area contributed by atoms with Crippen LogP contribution in [0.4, 0.5) is 0 Å². The van der Waals surface area contributed by atoms with Crippen molar-refractivity contribution >= 4 is 5.97 Å². The van der Waals surface area contributed by atoms with Crippen molar-refractivity contribution in [3.8, 4) is 0 Å². The van der Waals surface area contributed by atoms with Crippen LogP contribution in [-0.4, -0.2) is 55.5 Å². The fourth-order valence-electron chi connectivity index (χ4n) is 3.52. The van der Waals surface area contributed by atoms with Crippen LogP contribution >= 0.6 is 0 Å². The number of hydrogen-bond donors (Lipinski definition) is 1. The number of ether oxygens (including phenoxy) is 1. The van der Waals surface area contributed by atoms with E-state index >= 15 is 0 Å². The maximum Gasteiger partial charge on any atom is 0.305 e. The Bertz CT molecular complexity index is 307. The van der Waals surface area contributed by atoms with Crippen LogP contribution in [0.5, 0.6) is 0 Å². The van der Waals surface area contributed by atoms with E-state index in [0.717, 1.165) is 36.7 Å². The lowest BCUT2D eigenvalue weighted by Crippen LogP contribution is -3.00. The van der Waals surface area contributed by atoms with E-state index in [1.165, 1.54) is 58.7 Å². The van der Waals surface area contributed by atoms with Gasteiger partial charge in [0.05, 0.1) is 27.2 Å². The monoisotopic (exact) mass is 441 g/mol. The smallest absolute Gasteiger partial charge is 0.305 e. The van der Waals surface area contributed by atoms with Gasteiger partial charge in [-0.05, 0) is 32.1 Å². The van der Waals surface area contributed by atoms with Gasteiger partial charge in [0.1, 0.15) is 12.6 Å². The summed E-state index contributed by atoms with van der Waals surface area (Å²) in [7, 11) is 3.74. The molecule has 1 fully saturated rings. The number of unbranched alkanes of at least 4 members (excludes halogenated alkanes) is 5. The van der Waals surface area contributed by atoms with Crippen molar-refractivity contribution in [2.75, 3.05) is 33.8 Å². The number of quaternary nitrogens is 1. The Morgan fingerprint density at radius 1 is 1.04 bits per heavy atom. The second-order valence-corrected chi connectivity index (χ2v) is 7.20. The van der Waals surface area contributed by atoms with Crippen LogP contribution < -0.4 is 24.0 Å². The number of likely N-dealkylation sites (tertiary alicyclic amines) is 1. The number of esters is 1. The Labute approximate surface area is 159 Å². The van der Waals surface area contributed by atoms with E-state index in [9.17, 15) is 9.90 Å². The number of hydrogen-bond acceptors (Lipinski definition) is 3. The van der Waals surface area contributed by atoms with Gasteiger partial charge in [0.25, 0.3) is 0 Å². The molecule has 0 radical (unpaired) electrons. The molecule has 0 saturated carbocycles. The molecule has 0 aromatic heterocycles. The van der Waals surface area contributed by atoms with Gasteiger partial charge in [-0.1, -0.05) is 32.1 Å². The van der Waals surface area contributed by atoms with Crippen LogP contribution in [0.15, 0.2) is 0 Å². The highest BCUT2D eigenvalue weighted by Gasteiger charge is 2.27. The lowest BCUT2D eigenvalue weighted by atomic mass is 10.0. The fourth-order valence-corrected chi connectivity index (χ4v) is 3.52. The zero-order valence-electron chi connectivity index (χ0n) is 15.1. The number of carbonyl (C=O) groups is 1. The minimum absolute atomic E-state index is 0. The molecule has 1 saturated heterocycles. The summed E-state index contributed by atoms with van der Waals surface area (Å²) in [5.74, 6) is -0.0996. The summed E-state index contributed by atoms with van der Waals surface area (Å²) in [5, 5.41) is 10.2. The van der Waals surface area contributed by atoms with Crippen molar-refractivity contribution in [3.63, 3.8) is 0 Å². The molecule has 23 heavy (non-hydrogen) atoms. The molecule has 0 amide bonds. The molecule has 0 aliphatic carbocycles. The summed E-state index contributed by atoms with van der Waals surface area (Å²) < 4.78 is 5.69. The lowest BCUT2D eigenvalue weighted by Gasteiger charge is -2.39. The van der Waals surface area contributed by atoms with Crippen molar-refractivity contribution < 1.29 is 43.1 Å². The molecule has 5 heteroatoms. The first-order valence-corrected chi connectivity index (χ1v) is 9.14. The summed E-state index contributed by atoms with van der Waals surface area (Å²) in [5.41, 5.74) is 0. The summed E-state index contributed by atoms with van der Waals surface area (Å²) in [6, 6.07) is 0. The molecule has 4 nitrogen and oxygen atoms in total. The Morgan fingerprint density at radius 2 is 1.61 bits per heavy atom. The first-order chi connectivity index (χ1) is 10.6. The third kappa shape index (κ3) is 11.3. The minimum atomic E-state index is -0.137. The van der Waals surface area contributed by atoms with Crippen molar-refractivity contribution in [2.45, 2.75) is 76.7 Å². The molecular weight excluding hydrogens is 405 g/mol. The van der Waals surface area contributed by atoms with Gasteiger partial charge in [-0.2, -0.15) is 0 Å². The number of aliphatic hydroxyl groups is 1. The molecule has 1 rings (SSSR count). The van der Waals surface area contributed by atoms with Gasteiger partial charge in [0.2, 0.25) is 0 Å². The van der Waals surface area contributed by atoms with Crippen molar-refractivity contribution in [1.82, 2.24) is 0 Å². The van der Waals surface area contributed by atoms with Crippen LogP contribution in [0, 0.1) is 0 Å². The van der Waals surface area contributed by atoms with Crippen LogP contribution in [0.3, 0.4) is 0 Å². The molecule has 0 bridgehead atoms. The maximum atomic E-state index is 11.0. The zero-order chi connectivity index (χ0) is 16.3. The van der Waals surface area contributed by atoms with Gasteiger partial charge in [0.15, 0.2) is 0 Å². The van der Waals surface area contributed by atoms with Crippen LogP contribution in [-0.2, 0) is 9.53 Å². The second kappa shape index (κ2) is 13.4. The fraction of sp³-hybridized carbons (Fsp3) is 0.944. The first kappa shape index (κ1) is 23.1. The van der Waals surface area contributed by atoms with Crippen LogP contribution in [0.1, 0.15) is 70.6 Å². The number of halogens is 1. The Hall–Kier alpha value is 0.120. The molecule has 1 aliphatic rings. The average Bonchev–Trinajstić information content (AvgIpc) is 2.49. The Morgan fingerprint density at radius 3 is 2.22 bits per heavy atom. The van der Waals surface area contributed by atoms with Crippen molar-refractivity contribution in [2.24, 2.45) is 0 Å². The predicted molar refractivity (Wildman–Crippen MR) is 89.6 cm³/mol. The quantitative estimate of drug-likeness (QED) is 0.217. The zero-order valence-corrected chi connectivity index (χ0v) is 17.2. The van der Waals surface area contributed by atoms with E-state index in [1.807, 2.05) is 0 Å². The predicted octanol–water partition coefficient (Wildman–Crippen LogP) is 0.276. The topological polar surface area (TPSA) is 46.5 Å². The minimum Gasteiger partial charge on any atom is -1.00 e. The van der Waals surface area contributed by atoms with E-state index in [0.29, 0.717) is 6.42 Å². The molecular formula is C18H36INO3. The van der Waals surface area contributed by atoms with Gasteiger partial charge in [-0.3, -0.25) is 4.79 Å². The summed E-state index contributed by atoms with van der Waals surface area (Å²) >= 11 is 0. The molecule has 1 heterocycles. The molecule has 1 N–H and O–H groups in total. The molecule has 1 aliphatic heterocycles. The number of carbonyl (C=O) groups excluding carboxylic acids is 1. The van der Waals surface area contributed by atoms with E-state index in [1.54, 1.807) is 0 Å². The third-order valence-corrected chi connectivity index (χ3v) is 4.94. The maximum absolute atomic E-state index is 11.0. The number of rotatable bonds is 11. The summed E-state index contributed by atoms with van der Waals surface area (Å²) in [6.45, 7) is 3.40. The Balaban J connectivity index is 0.00000484. The highest BCUT2D eigenvalue weighted by molar-refractivity contribution is 5.68. The molecule has 0 aromatic carbocycles. The molecule has 138 valence electrons. The van der Waals surface area contributed by atoms with Gasteiger partial charge in [0, 0.05) is 6.42 Å². The van der Waals surface area contributed by atoms with Gasteiger partial charge >= 0.3 is 5.97 Å². The van der Waals surface area contributed by atoms with Gasteiger partial charge in [-0.25, -0.2) is 0 Å². The van der Waals surface area contributed by atoms with Crippen molar-refractivity contribution in [1.29, 1.82) is 0 Å². The molecule has 0 spiro atoms. The number of nitrogens with zero attached hydrogens (tertiary/aromatic N) is 1. The normalized spacial score (nSPS) is 18.0. The lowest BCUT2D eigenvalue weighted by molar-refractivity contribution is -0.916. The SMILES string of the molecule is COC(=O)CCCCCCCCC(O)C[N+]1(C)CCCCC1.[I-]. The van der Waals surface area contributed by atoms with E-state index in [2.05, 4.69) is 11.8 Å². The van der Waals surface area contributed by atoms with E-state index in [4.69, 9.17) is 0 Å². The largest absolute Gasteiger partial charge is 1.00 e. The molecule has 0 aromatic rings. The molecule has 1 atom stereocenters. The van der Waals surface area contributed by atoms with Crippen LogP contribution in [0.2, 0.25) is 0 Å². The van der Waals surface area contributed by atoms with Gasteiger partial charge in [-0.15, -0.1) is 0 Å². The number of aliphatic hydroxyl groups excluding tert-OH is 1. The number of likely N-dealkylation sites (N-methyl/N-ethyl adjacent to an activating group) is 1. The van der Waals surface area contributed by atoms with Crippen LogP contribution in [0.25, 0.3) is 0 Å². The summed E-state index contributed by atoms with van der Waals surface area (Å²) in [6.07, 6.45) is 12.1. The molecule has 1 unspecified atom stereocenters. The highest BCUT2D eigenvalue weighted by atomic mass is 127. The third-order valence-electron chi connectivity index (χ3n) is 4.94. The number of methoxy groups -OCH3 is 1. The second-order valence-electron chi connectivity index (χ2n) is 7.20. The van der Waals surface area contributed by atoms with E-state index < -0.39 is 0 Å². The standard InChI is InChI=1S/C18H36NO3.HI/c1-19(14-10-7-11-15-19)16-17(20)12-8-5-3-4-6-9-13-18(21)22-2;/h17,20H,3-16H2,1-2H3;1H/q+1;/p-1. The summed E-state index contributed by atoms with van der Waals surface area (Å²) in [4.78, 5) is 11.0. The van der Waals surface area contributed by atoms with E-state index in [-0.39, 0.29) is 36.0 Å². The van der Waals surface area contributed by atoms with Crippen molar-refractivity contribution in [3.05, 3.63) is 0 Å². The highest BCUT2D eigenvalue weighted by Crippen LogP contribution is 2.18. The first-order valence-electron chi connectivity index (χ1n) is 9.14. The average molecular weight is 441 g/mol. The Kier molecular flexibility index (Phi) is 13.5.